The van der Waals surface area contributed by atoms with Crippen molar-refractivity contribution in [2.75, 3.05) is 0 Å². The van der Waals surface area contributed by atoms with Gasteiger partial charge in [0.2, 0.25) is 0 Å². The van der Waals surface area contributed by atoms with Gasteiger partial charge in [0.05, 0.1) is 15.1 Å². The Labute approximate surface area is 138 Å². The first kappa shape index (κ1) is 17.8. The van der Waals surface area contributed by atoms with Gasteiger partial charge in [0, 0.05) is 0 Å². The second-order valence-corrected chi connectivity index (χ2v) is 5.09. The number of primary amides is 1. The molecule has 0 radical (unpaired) electrons. The normalized spacial score (nSPS) is 11.7. The van der Waals surface area contributed by atoms with Crippen molar-refractivity contribution in [1.82, 2.24) is 10.3 Å². The van der Waals surface area contributed by atoms with Gasteiger partial charge in [-0.3, -0.25) is 10.1 Å². The largest absolute Gasteiger partial charge is 0.448 e. The zero-order chi connectivity index (χ0) is 16.3. The maximum absolute atomic E-state index is 11.9. The van der Waals surface area contributed by atoms with Crippen molar-refractivity contribution < 1.29 is 19.1 Å². The number of ether oxygens (including phenoxy) is 1. The van der Waals surface area contributed by atoms with Gasteiger partial charge in [-0.1, -0.05) is 46.4 Å². The minimum Gasteiger partial charge on any atom is -0.448 e. The second-order valence-electron chi connectivity index (χ2n) is 3.59. The standard InChI is InChI=1S/C10H7Cl4N3O4/c1-2(8(18)17-10(15)20)21-9(19)6-4(12)3(11)5(13)7(14)16-6/h2H,1H3,(H3,15,17,18,20)/t2-/m1/s1. The third-order valence-corrected chi connectivity index (χ3v) is 3.75. The monoisotopic (exact) mass is 373 g/mol. The van der Waals surface area contributed by atoms with Gasteiger partial charge in [0.1, 0.15) is 5.15 Å². The van der Waals surface area contributed by atoms with E-state index in [1.54, 1.807) is 5.32 Å². The molecule has 0 saturated carbocycles. The average molecular weight is 375 g/mol. The van der Waals surface area contributed by atoms with Gasteiger partial charge >= 0.3 is 12.0 Å². The van der Waals surface area contributed by atoms with Gasteiger partial charge in [-0.05, 0) is 6.92 Å². The van der Waals surface area contributed by atoms with Crippen molar-refractivity contribution in [3.05, 3.63) is 25.9 Å². The number of halogens is 4. The highest BCUT2D eigenvalue weighted by atomic mass is 35.5. The molecule has 0 saturated heterocycles. The van der Waals surface area contributed by atoms with E-state index in [0.29, 0.717) is 0 Å². The molecule has 3 amide bonds. The van der Waals surface area contributed by atoms with E-state index in [9.17, 15) is 14.4 Å². The third-order valence-electron chi connectivity index (χ3n) is 2.08. The Kier molecular flexibility index (Phi) is 6.03. The van der Waals surface area contributed by atoms with Crippen LogP contribution in [0.5, 0.6) is 0 Å². The number of nitrogens with zero attached hydrogens (tertiary/aromatic N) is 1. The number of pyridine rings is 1. The molecule has 7 nitrogen and oxygen atoms in total. The molecule has 1 aromatic heterocycles. The lowest BCUT2D eigenvalue weighted by molar-refractivity contribution is -0.127. The van der Waals surface area contributed by atoms with Crippen molar-refractivity contribution in [3.8, 4) is 0 Å². The van der Waals surface area contributed by atoms with E-state index in [1.807, 2.05) is 0 Å². The summed E-state index contributed by atoms with van der Waals surface area (Å²) in [5.74, 6) is -1.99. The first-order valence-corrected chi connectivity index (χ1v) is 6.67. The number of carbonyl (C=O) groups is 3. The van der Waals surface area contributed by atoms with E-state index < -0.39 is 29.7 Å². The van der Waals surface area contributed by atoms with Crippen molar-refractivity contribution in [3.63, 3.8) is 0 Å². The smallest absolute Gasteiger partial charge is 0.359 e. The molecule has 1 heterocycles. The number of nitrogens with one attached hydrogen (secondary N) is 1. The van der Waals surface area contributed by atoms with Crippen LogP contribution in [0.2, 0.25) is 20.2 Å². The van der Waals surface area contributed by atoms with Crippen LogP contribution in [0.25, 0.3) is 0 Å². The topological polar surface area (TPSA) is 111 Å². The number of rotatable bonds is 3. The van der Waals surface area contributed by atoms with Gasteiger partial charge in [-0.25, -0.2) is 14.6 Å². The Morgan fingerprint density at radius 1 is 1.14 bits per heavy atom. The first-order valence-electron chi connectivity index (χ1n) is 5.16. The predicted octanol–water partition coefficient (Wildman–Crippen LogP) is 2.44. The molecule has 3 N–H and O–H groups in total. The molecule has 1 atom stereocenters. The molecule has 0 aliphatic rings. The van der Waals surface area contributed by atoms with Crippen LogP contribution in [-0.2, 0) is 9.53 Å². The molecule has 0 unspecified atom stereocenters. The number of hydrogen-bond acceptors (Lipinski definition) is 5. The lowest BCUT2D eigenvalue weighted by Gasteiger charge is -2.13. The summed E-state index contributed by atoms with van der Waals surface area (Å²) < 4.78 is 4.76. The minimum absolute atomic E-state index is 0.126. The Hall–Kier alpha value is -1.28. The lowest BCUT2D eigenvalue weighted by Crippen LogP contribution is -2.42. The van der Waals surface area contributed by atoms with Crippen molar-refractivity contribution in [2.45, 2.75) is 13.0 Å². The van der Waals surface area contributed by atoms with Gasteiger partial charge in [-0.2, -0.15) is 0 Å². The summed E-state index contributed by atoms with van der Waals surface area (Å²) in [4.78, 5) is 37.4. The molecule has 11 heteroatoms. The zero-order valence-corrected chi connectivity index (χ0v) is 13.3. The number of urea groups is 1. The van der Waals surface area contributed by atoms with Crippen molar-refractivity contribution in [2.24, 2.45) is 5.73 Å². The zero-order valence-electron chi connectivity index (χ0n) is 10.2. The molecule has 1 aromatic rings. The summed E-state index contributed by atoms with van der Waals surface area (Å²) in [6.45, 7) is 1.21. The van der Waals surface area contributed by atoms with Crippen LogP contribution in [0.15, 0.2) is 0 Å². The fourth-order valence-corrected chi connectivity index (χ4v) is 1.92. The number of aromatic nitrogens is 1. The van der Waals surface area contributed by atoms with E-state index in [4.69, 9.17) is 56.9 Å². The number of imide groups is 1. The maximum atomic E-state index is 11.9. The molecule has 1 rings (SSSR count). The van der Waals surface area contributed by atoms with Gasteiger partial charge in [-0.15, -0.1) is 0 Å². The van der Waals surface area contributed by atoms with E-state index in [1.165, 1.54) is 6.92 Å². The van der Waals surface area contributed by atoms with Crippen LogP contribution in [0, 0.1) is 0 Å². The molecular formula is C10H7Cl4N3O4. The Bertz CT molecular complexity index is 623. The highest BCUT2D eigenvalue weighted by Crippen LogP contribution is 2.36. The summed E-state index contributed by atoms with van der Waals surface area (Å²) in [5.41, 5.74) is 4.34. The lowest BCUT2D eigenvalue weighted by atomic mass is 10.3. The second kappa shape index (κ2) is 7.13. The third kappa shape index (κ3) is 4.34. The SMILES string of the molecule is C[C@@H](OC(=O)c1nc(Cl)c(Cl)c(Cl)c1Cl)C(=O)NC(N)=O. The molecule has 0 aliphatic carbocycles. The van der Waals surface area contributed by atoms with Gasteiger partial charge in [0.25, 0.3) is 5.91 Å². The first-order chi connectivity index (χ1) is 9.65. The maximum Gasteiger partial charge on any atom is 0.359 e. The number of esters is 1. The molecule has 114 valence electrons. The van der Waals surface area contributed by atoms with Crippen LogP contribution in [0.1, 0.15) is 17.4 Å². The van der Waals surface area contributed by atoms with Crippen LogP contribution >= 0.6 is 46.4 Å². The summed E-state index contributed by atoms with van der Waals surface area (Å²) in [5, 5.41) is 0.899. The molecule has 21 heavy (non-hydrogen) atoms. The molecule has 0 fully saturated rings. The van der Waals surface area contributed by atoms with Crippen LogP contribution in [-0.4, -0.2) is 29.0 Å². The van der Waals surface area contributed by atoms with E-state index in [2.05, 4.69) is 4.98 Å². The Morgan fingerprint density at radius 3 is 2.24 bits per heavy atom. The highest BCUT2D eigenvalue weighted by Gasteiger charge is 2.25. The molecule has 0 spiro atoms. The molecular weight excluding hydrogens is 368 g/mol. The number of carbonyl (C=O) groups excluding carboxylic acids is 3. The van der Waals surface area contributed by atoms with E-state index in [-0.39, 0.29) is 20.2 Å². The fourth-order valence-electron chi connectivity index (χ4n) is 1.12. The van der Waals surface area contributed by atoms with Gasteiger partial charge in [0.15, 0.2) is 11.8 Å². The summed E-state index contributed by atoms with van der Waals surface area (Å²) >= 11 is 22.9. The number of amides is 3. The molecule has 0 aromatic carbocycles. The Balaban J connectivity index is 2.95. The summed E-state index contributed by atoms with van der Waals surface area (Å²) in [7, 11) is 0. The molecule has 0 aliphatic heterocycles. The van der Waals surface area contributed by atoms with Crippen LogP contribution in [0.4, 0.5) is 4.79 Å². The van der Waals surface area contributed by atoms with E-state index in [0.717, 1.165) is 0 Å². The number of hydrogen-bond donors (Lipinski definition) is 2. The van der Waals surface area contributed by atoms with Crippen molar-refractivity contribution >= 4 is 64.3 Å². The van der Waals surface area contributed by atoms with Crippen LogP contribution in [0.3, 0.4) is 0 Å². The van der Waals surface area contributed by atoms with Crippen LogP contribution < -0.4 is 11.1 Å². The quantitative estimate of drug-likeness (QED) is 0.623. The van der Waals surface area contributed by atoms with Crippen molar-refractivity contribution in [1.29, 1.82) is 0 Å². The van der Waals surface area contributed by atoms with E-state index >= 15 is 0 Å². The summed E-state index contributed by atoms with van der Waals surface area (Å²) in [6, 6.07) is -1.09. The number of nitrogens with two attached hydrogens (primary N) is 1. The average Bonchev–Trinajstić information content (AvgIpc) is 2.39. The van der Waals surface area contributed by atoms with Gasteiger partial charge < -0.3 is 10.5 Å². The fraction of sp³-hybridized carbons (Fsp3) is 0.200. The minimum atomic E-state index is -1.32. The Morgan fingerprint density at radius 2 is 1.71 bits per heavy atom. The molecule has 0 bridgehead atoms. The highest BCUT2D eigenvalue weighted by molar-refractivity contribution is 6.52. The predicted molar refractivity (Wildman–Crippen MR) is 76.9 cm³/mol. The summed E-state index contributed by atoms with van der Waals surface area (Å²) in [6.07, 6.45) is -1.32.